The summed E-state index contributed by atoms with van der Waals surface area (Å²) in [5.41, 5.74) is 1.26. The second kappa shape index (κ2) is 8.43. The molecule has 2 heterocycles. The summed E-state index contributed by atoms with van der Waals surface area (Å²) in [5.74, 6) is -0.353. The maximum absolute atomic E-state index is 12.5. The van der Waals surface area contributed by atoms with Crippen LogP contribution in [0.1, 0.15) is 21.8 Å². The Labute approximate surface area is 150 Å². The number of pyridine rings is 1. The number of nitrogens with zero attached hydrogens (tertiary/aromatic N) is 1. The Morgan fingerprint density at radius 3 is 2.50 bits per heavy atom. The second-order valence-corrected chi connectivity index (χ2v) is 5.40. The van der Waals surface area contributed by atoms with Gasteiger partial charge in [0.25, 0.3) is 11.8 Å². The lowest BCUT2D eigenvalue weighted by atomic mass is 10.2. The third-order valence-corrected chi connectivity index (χ3v) is 3.51. The second-order valence-electron chi connectivity index (χ2n) is 5.40. The number of amides is 2. The van der Waals surface area contributed by atoms with Crippen molar-refractivity contribution in [3.8, 4) is 0 Å². The van der Waals surface area contributed by atoms with Gasteiger partial charge in [-0.15, -0.1) is 0 Å². The van der Waals surface area contributed by atoms with E-state index >= 15 is 0 Å². The monoisotopic (exact) mass is 347 g/mol. The van der Waals surface area contributed by atoms with Crippen molar-refractivity contribution in [2.24, 2.45) is 0 Å². The van der Waals surface area contributed by atoms with Crippen LogP contribution >= 0.6 is 0 Å². The Hall–Kier alpha value is -3.67. The molecule has 0 aliphatic heterocycles. The number of rotatable bonds is 6. The van der Waals surface area contributed by atoms with Crippen LogP contribution in [0.4, 0.5) is 0 Å². The van der Waals surface area contributed by atoms with Crippen LogP contribution in [0.15, 0.2) is 83.2 Å². The van der Waals surface area contributed by atoms with Crippen LogP contribution in [-0.4, -0.2) is 16.8 Å². The normalized spacial score (nSPS) is 11.0. The summed E-state index contributed by atoms with van der Waals surface area (Å²) in [6, 6.07) is 17.5. The van der Waals surface area contributed by atoms with E-state index in [9.17, 15) is 9.59 Å². The van der Waals surface area contributed by atoms with Crippen LogP contribution in [0.3, 0.4) is 0 Å². The number of benzene rings is 1. The van der Waals surface area contributed by atoms with Crippen LogP contribution < -0.4 is 10.6 Å². The highest BCUT2D eigenvalue weighted by Gasteiger charge is 2.15. The van der Waals surface area contributed by atoms with Crippen LogP contribution in [0, 0.1) is 0 Å². The highest BCUT2D eigenvalue weighted by molar-refractivity contribution is 6.05. The van der Waals surface area contributed by atoms with E-state index in [-0.39, 0.29) is 18.1 Å². The van der Waals surface area contributed by atoms with E-state index in [2.05, 4.69) is 15.6 Å². The van der Waals surface area contributed by atoms with E-state index in [1.165, 1.54) is 12.3 Å². The van der Waals surface area contributed by atoms with E-state index in [0.29, 0.717) is 17.0 Å². The summed E-state index contributed by atoms with van der Waals surface area (Å²) < 4.78 is 5.24. The van der Waals surface area contributed by atoms with Crippen LogP contribution in [-0.2, 0) is 11.3 Å². The van der Waals surface area contributed by atoms with Gasteiger partial charge in [0.05, 0.1) is 18.5 Å². The molecule has 0 radical (unpaired) electrons. The molecule has 2 amide bonds. The molecule has 26 heavy (non-hydrogen) atoms. The molecule has 0 fully saturated rings. The molecule has 0 spiro atoms. The minimum atomic E-state index is -0.434. The van der Waals surface area contributed by atoms with Crippen molar-refractivity contribution < 1.29 is 14.0 Å². The van der Waals surface area contributed by atoms with Gasteiger partial charge in [-0.1, -0.05) is 24.3 Å². The Balaban J connectivity index is 1.75. The van der Waals surface area contributed by atoms with Gasteiger partial charge in [-0.25, -0.2) is 0 Å². The molecule has 0 aliphatic carbocycles. The molecule has 0 bridgehead atoms. The van der Waals surface area contributed by atoms with Crippen molar-refractivity contribution in [2.45, 2.75) is 6.54 Å². The van der Waals surface area contributed by atoms with Gasteiger partial charge in [0.1, 0.15) is 11.5 Å². The zero-order chi connectivity index (χ0) is 18.2. The highest BCUT2D eigenvalue weighted by Crippen LogP contribution is 2.08. The quantitative estimate of drug-likeness (QED) is 0.672. The Morgan fingerprint density at radius 1 is 1.00 bits per heavy atom. The molecule has 1 aromatic carbocycles. The fourth-order valence-corrected chi connectivity index (χ4v) is 2.23. The molecule has 0 saturated heterocycles. The Kier molecular flexibility index (Phi) is 5.57. The van der Waals surface area contributed by atoms with Gasteiger partial charge in [-0.3, -0.25) is 14.6 Å². The molecule has 2 N–H and O–H groups in total. The number of nitrogens with one attached hydrogen (secondary N) is 2. The Bertz CT molecular complexity index is 889. The summed E-state index contributed by atoms with van der Waals surface area (Å²) in [7, 11) is 0. The van der Waals surface area contributed by atoms with Crippen molar-refractivity contribution in [2.75, 3.05) is 0 Å². The molecule has 0 unspecified atom stereocenters. The molecule has 3 aromatic rings. The number of aromatic nitrogens is 1. The summed E-state index contributed by atoms with van der Waals surface area (Å²) >= 11 is 0. The van der Waals surface area contributed by atoms with Crippen molar-refractivity contribution in [1.29, 1.82) is 0 Å². The summed E-state index contributed by atoms with van der Waals surface area (Å²) in [4.78, 5) is 29.1. The fraction of sp³-hybridized carbons (Fsp3) is 0.0500. The van der Waals surface area contributed by atoms with Gasteiger partial charge >= 0.3 is 0 Å². The molecule has 0 aliphatic rings. The summed E-state index contributed by atoms with van der Waals surface area (Å²) in [5, 5.41) is 5.38. The largest absolute Gasteiger partial charge is 0.465 e. The number of hydrogen-bond donors (Lipinski definition) is 2. The van der Waals surface area contributed by atoms with E-state index in [1.54, 1.807) is 54.7 Å². The molecule has 0 atom stereocenters. The molecule has 2 aromatic heterocycles. The van der Waals surface area contributed by atoms with Crippen molar-refractivity contribution in [3.05, 3.63) is 95.8 Å². The lowest BCUT2D eigenvalue weighted by molar-refractivity contribution is -0.117. The predicted molar refractivity (Wildman–Crippen MR) is 96.7 cm³/mol. The van der Waals surface area contributed by atoms with Gasteiger partial charge in [-0.2, -0.15) is 0 Å². The van der Waals surface area contributed by atoms with E-state index < -0.39 is 5.91 Å². The zero-order valence-electron chi connectivity index (χ0n) is 13.9. The minimum absolute atomic E-state index is 0.0877. The first-order valence-corrected chi connectivity index (χ1v) is 8.02. The molecule has 6 nitrogen and oxygen atoms in total. The van der Waals surface area contributed by atoms with Crippen molar-refractivity contribution in [1.82, 2.24) is 15.6 Å². The van der Waals surface area contributed by atoms with Gasteiger partial charge in [0.2, 0.25) is 0 Å². The SMILES string of the molecule is O=C(NCc1ccccn1)/C(=C/c1ccco1)NC(=O)c1ccccc1. The zero-order valence-corrected chi connectivity index (χ0v) is 13.9. The third-order valence-electron chi connectivity index (χ3n) is 3.51. The maximum Gasteiger partial charge on any atom is 0.268 e. The molecule has 6 heteroatoms. The van der Waals surface area contributed by atoms with E-state index in [4.69, 9.17) is 4.42 Å². The lowest BCUT2D eigenvalue weighted by Crippen LogP contribution is -2.34. The summed E-state index contributed by atoms with van der Waals surface area (Å²) in [6.45, 7) is 0.246. The van der Waals surface area contributed by atoms with E-state index in [1.807, 2.05) is 12.1 Å². The highest BCUT2D eigenvalue weighted by atomic mass is 16.3. The summed E-state index contributed by atoms with van der Waals surface area (Å²) in [6.07, 6.45) is 4.63. The molecule has 3 rings (SSSR count). The fourth-order valence-electron chi connectivity index (χ4n) is 2.23. The van der Waals surface area contributed by atoms with Crippen LogP contribution in [0.2, 0.25) is 0 Å². The molecular formula is C20H17N3O3. The number of carbonyl (C=O) groups excluding carboxylic acids is 2. The van der Waals surface area contributed by atoms with Gasteiger partial charge in [0, 0.05) is 17.8 Å². The predicted octanol–water partition coefficient (Wildman–Crippen LogP) is 2.76. The minimum Gasteiger partial charge on any atom is -0.465 e. The molecule has 130 valence electrons. The first-order valence-electron chi connectivity index (χ1n) is 8.02. The maximum atomic E-state index is 12.5. The first kappa shape index (κ1) is 17.2. The first-order chi connectivity index (χ1) is 12.7. The van der Waals surface area contributed by atoms with Crippen LogP contribution in [0.5, 0.6) is 0 Å². The van der Waals surface area contributed by atoms with Gasteiger partial charge in [-0.05, 0) is 36.4 Å². The number of carbonyl (C=O) groups is 2. The lowest BCUT2D eigenvalue weighted by Gasteiger charge is -2.10. The van der Waals surface area contributed by atoms with Gasteiger partial charge < -0.3 is 15.1 Å². The molecule has 0 saturated carbocycles. The topological polar surface area (TPSA) is 84.2 Å². The number of hydrogen-bond acceptors (Lipinski definition) is 4. The number of furan rings is 1. The standard InChI is InChI=1S/C20H17N3O3/c24-19(15-7-2-1-3-8-15)23-18(13-17-10-6-12-26-17)20(25)22-14-16-9-4-5-11-21-16/h1-13H,14H2,(H,22,25)(H,23,24)/b18-13-. The van der Waals surface area contributed by atoms with Crippen LogP contribution in [0.25, 0.3) is 6.08 Å². The average molecular weight is 347 g/mol. The van der Waals surface area contributed by atoms with Crippen molar-refractivity contribution in [3.63, 3.8) is 0 Å². The van der Waals surface area contributed by atoms with Gasteiger partial charge in [0.15, 0.2) is 0 Å². The molecular weight excluding hydrogens is 330 g/mol. The third kappa shape index (κ3) is 4.67. The average Bonchev–Trinajstić information content (AvgIpc) is 3.20. The van der Waals surface area contributed by atoms with Crippen molar-refractivity contribution >= 4 is 17.9 Å². The Morgan fingerprint density at radius 2 is 1.81 bits per heavy atom. The van der Waals surface area contributed by atoms with E-state index in [0.717, 1.165) is 0 Å². The smallest absolute Gasteiger partial charge is 0.268 e.